The first-order valence-electron chi connectivity index (χ1n) is 5.43. The van der Waals surface area contributed by atoms with E-state index in [9.17, 15) is 5.11 Å². The Kier molecular flexibility index (Phi) is 3.70. The van der Waals surface area contributed by atoms with Gasteiger partial charge in [0.15, 0.2) is 0 Å². The summed E-state index contributed by atoms with van der Waals surface area (Å²) in [4.78, 5) is 4.32. The molecule has 0 aliphatic carbocycles. The minimum absolute atomic E-state index is 0.404. The van der Waals surface area contributed by atoms with Crippen LogP contribution in [0.4, 0.5) is 0 Å². The van der Waals surface area contributed by atoms with Crippen LogP contribution in [0.5, 0.6) is 0 Å². The topological polar surface area (TPSA) is 33.1 Å². The molecule has 0 saturated carbocycles. The molecule has 0 saturated heterocycles. The maximum atomic E-state index is 9.97. The van der Waals surface area contributed by atoms with Crippen LogP contribution >= 0.6 is 11.3 Å². The third-order valence-corrected chi connectivity index (χ3v) is 3.45. The van der Waals surface area contributed by atoms with Gasteiger partial charge >= 0.3 is 0 Å². The van der Waals surface area contributed by atoms with Crippen LogP contribution in [0.15, 0.2) is 36.4 Å². The minimum Gasteiger partial charge on any atom is -0.388 e. The smallest absolute Gasteiger partial charge is 0.0809 e. The number of hydrogen-bond donors (Lipinski definition) is 1. The van der Waals surface area contributed by atoms with Crippen LogP contribution in [0, 0.1) is 0 Å². The van der Waals surface area contributed by atoms with Gasteiger partial charge in [0.1, 0.15) is 0 Å². The molecule has 0 radical (unpaired) electrons. The molecule has 2 nitrogen and oxygen atoms in total. The van der Waals surface area contributed by atoms with E-state index in [0.29, 0.717) is 0 Å². The van der Waals surface area contributed by atoms with Gasteiger partial charge in [-0.15, -0.1) is 17.9 Å². The second-order valence-corrected chi connectivity index (χ2v) is 4.76. The lowest BCUT2D eigenvalue weighted by Crippen LogP contribution is -1.97. The Morgan fingerprint density at radius 3 is 3.25 bits per heavy atom. The van der Waals surface area contributed by atoms with Gasteiger partial charge in [-0.25, -0.2) is 0 Å². The van der Waals surface area contributed by atoms with Crippen molar-refractivity contribution in [2.75, 3.05) is 0 Å². The van der Waals surface area contributed by atoms with Crippen LogP contribution in [0.1, 0.15) is 30.9 Å². The highest BCUT2D eigenvalue weighted by atomic mass is 32.1. The van der Waals surface area contributed by atoms with E-state index in [1.807, 2.05) is 23.6 Å². The van der Waals surface area contributed by atoms with Crippen molar-refractivity contribution in [2.45, 2.75) is 25.4 Å². The molecular formula is C13H15NOS. The summed E-state index contributed by atoms with van der Waals surface area (Å²) in [5.41, 5.74) is 1.92. The molecule has 16 heavy (non-hydrogen) atoms. The fourth-order valence-corrected chi connectivity index (χ4v) is 2.46. The molecule has 0 aliphatic heterocycles. The molecule has 0 aliphatic rings. The van der Waals surface area contributed by atoms with Crippen LogP contribution in [-0.2, 0) is 0 Å². The molecule has 0 amide bonds. The highest BCUT2D eigenvalue weighted by Crippen LogP contribution is 2.25. The lowest BCUT2D eigenvalue weighted by molar-refractivity contribution is 0.165. The second kappa shape index (κ2) is 5.23. The summed E-state index contributed by atoms with van der Waals surface area (Å²) in [6, 6.07) is 4.03. The molecule has 1 unspecified atom stereocenters. The zero-order valence-corrected chi connectivity index (χ0v) is 9.91. The van der Waals surface area contributed by atoms with E-state index in [4.69, 9.17) is 0 Å². The maximum Gasteiger partial charge on any atom is 0.0809 e. The van der Waals surface area contributed by atoms with Gasteiger partial charge in [0.25, 0.3) is 0 Å². The number of aliphatic hydroxyl groups excluding tert-OH is 1. The van der Waals surface area contributed by atoms with Crippen molar-refractivity contribution < 1.29 is 5.11 Å². The maximum absolute atomic E-state index is 9.97. The number of nitrogens with zero attached hydrogens (tertiary/aromatic N) is 1. The lowest BCUT2D eigenvalue weighted by atomic mass is 10.1. The summed E-state index contributed by atoms with van der Waals surface area (Å²) >= 11 is 1.66. The lowest BCUT2D eigenvalue weighted by Gasteiger charge is -2.09. The van der Waals surface area contributed by atoms with Crippen molar-refractivity contribution in [3.63, 3.8) is 0 Å². The van der Waals surface area contributed by atoms with Crippen molar-refractivity contribution in [3.8, 4) is 0 Å². The minimum atomic E-state index is -0.404. The fourth-order valence-electron chi connectivity index (χ4n) is 1.67. The SMILES string of the molecule is C=CCCCC(O)c1cnc2ccsc2c1. The largest absolute Gasteiger partial charge is 0.388 e. The van der Waals surface area contributed by atoms with Gasteiger partial charge in [0.05, 0.1) is 16.3 Å². The zero-order chi connectivity index (χ0) is 11.4. The van der Waals surface area contributed by atoms with E-state index in [0.717, 1.165) is 35.0 Å². The van der Waals surface area contributed by atoms with Crippen LogP contribution in [0.25, 0.3) is 10.2 Å². The summed E-state index contributed by atoms with van der Waals surface area (Å²) in [5.74, 6) is 0. The first kappa shape index (κ1) is 11.3. The van der Waals surface area contributed by atoms with E-state index in [1.54, 1.807) is 17.5 Å². The molecule has 1 atom stereocenters. The second-order valence-electron chi connectivity index (χ2n) is 3.81. The first-order valence-corrected chi connectivity index (χ1v) is 6.31. The van der Waals surface area contributed by atoms with Gasteiger partial charge in [-0.05, 0) is 36.8 Å². The number of aliphatic hydroxyl groups is 1. The number of aromatic nitrogens is 1. The zero-order valence-electron chi connectivity index (χ0n) is 9.10. The molecule has 1 N–H and O–H groups in total. The van der Waals surface area contributed by atoms with Crippen LogP contribution in [0.3, 0.4) is 0 Å². The summed E-state index contributed by atoms with van der Waals surface area (Å²) in [6.45, 7) is 3.67. The molecule has 84 valence electrons. The van der Waals surface area contributed by atoms with Crippen molar-refractivity contribution >= 4 is 21.6 Å². The number of thiophene rings is 1. The Balaban J connectivity index is 2.09. The Morgan fingerprint density at radius 1 is 1.56 bits per heavy atom. The normalized spacial score (nSPS) is 12.8. The Labute approximate surface area is 99.3 Å². The molecule has 0 fully saturated rings. The van der Waals surface area contributed by atoms with Crippen molar-refractivity contribution in [2.24, 2.45) is 0 Å². The Bertz CT molecular complexity index is 477. The molecule has 0 spiro atoms. The molecule has 0 bridgehead atoms. The van der Waals surface area contributed by atoms with Crippen LogP contribution in [-0.4, -0.2) is 10.1 Å². The third kappa shape index (κ3) is 2.49. The monoisotopic (exact) mass is 233 g/mol. The molecular weight excluding hydrogens is 218 g/mol. The average Bonchev–Trinajstić information content (AvgIpc) is 2.76. The van der Waals surface area contributed by atoms with Gasteiger partial charge < -0.3 is 5.11 Å². The Morgan fingerprint density at radius 2 is 2.44 bits per heavy atom. The summed E-state index contributed by atoms with van der Waals surface area (Å²) in [6.07, 6.45) is 5.93. The van der Waals surface area contributed by atoms with Gasteiger partial charge in [0, 0.05) is 11.8 Å². The fraction of sp³-hybridized carbons (Fsp3) is 0.308. The van der Waals surface area contributed by atoms with Gasteiger partial charge in [0.2, 0.25) is 0 Å². The molecule has 0 aromatic carbocycles. The first-order chi connectivity index (χ1) is 7.81. The number of pyridine rings is 1. The number of hydrogen-bond acceptors (Lipinski definition) is 3. The number of rotatable bonds is 5. The van der Waals surface area contributed by atoms with E-state index in [-0.39, 0.29) is 0 Å². The van der Waals surface area contributed by atoms with Crippen LogP contribution < -0.4 is 0 Å². The van der Waals surface area contributed by atoms with Crippen molar-refractivity contribution in [3.05, 3.63) is 41.9 Å². The highest BCUT2D eigenvalue weighted by molar-refractivity contribution is 7.17. The standard InChI is InChI=1S/C13H15NOS/c1-2-3-4-5-12(15)10-8-13-11(14-9-10)6-7-16-13/h2,6-9,12,15H,1,3-5H2. The van der Waals surface area contributed by atoms with E-state index in [1.165, 1.54) is 0 Å². The summed E-state index contributed by atoms with van der Waals surface area (Å²) in [7, 11) is 0. The summed E-state index contributed by atoms with van der Waals surface area (Å²) < 4.78 is 1.14. The van der Waals surface area contributed by atoms with E-state index in [2.05, 4.69) is 11.6 Å². The van der Waals surface area contributed by atoms with E-state index >= 15 is 0 Å². The molecule has 3 heteroatoms. The van der Waals surface area contributed by atoms with Crippen molar-refractivity contribution in [1.82, 2.24) is 4.98 Å². The molecule has 2 aromatic rings. The van der Waals surface area contributed by atoms with Crippen molar-refractivity contribution in [1.29, 1.82) is 0 Å². The number of unbranched alkanes of at least 4 members (excludes halogenated alkanes) is 1. The quantitative estimate of drug-likeness (QED) is 0.631. The molecule has 2 aromatic heterocycles. The Hall–Kier alpha value is -1.19. The molecule has 2 heterocycles. The molecule has 2 rings (SSSR count). The van der Waals surface area contributed by atoms with Gasteiger partial charge in [-0.1, -0.05) is 6.08 Å². The van der Waals surface area contributed by atoms with Gasteiger partial charge in [-0.3, -0.25) is 4.98 Å². The highest BCUT2D eigenvalue weighted by Gasteiger charge is 2.08. The number of fused-ring (bicyclic) bond motifs is 1. The predicted octanol–water partition coefficient (Wildman–Crippen LogP) is 3.69. The summed E-state index contributed by atoms with van der Waals surface area (Å²) in [5, 5.41) is 12.0. The number of allylic oxidation sites excluding steroid dienone is 1. The van der Waals surface area contributed by atoms with E-state index < -0.39 is 6.10 Å². The third-order valence-electron chi connectivity index (χ3n) is 2.59. The van der Waals surface area contributed by atoms with Crippen LogP contribution in [0.2, 0.25) is 0 Å². The average molecular weight is 233 g/mol. The van der Waals surface area contributed by atoms with Gasteiger partial charge in [-0.2, -0.15) is 0 Å². The predicted molar refractivity (Wildman–Crippen MR) is 68.6 cm³/mol.